The Morgan fingerprint density at radius 3 is 2.93 bits per heavy atom. The summed E-state index contributed by atoms with van der Waals surface area (Å²) in [5.74, 6) is 0.802. The SMILES string of the molecule is CCNC(=S)NNc1cccc(OC)c1. The van der Waals surface area contributed by atoms with Crippen LogP contribution >= 0.6 is 12.2 Å². The molecule has 1 aromatic rings. The van der Waals surface area contributed by atoms with E-state index in [1.54, 1.807) is 7.11 Å². The van der Waals surface area contributed by atoms with Crippen molar-refractivity contribution in [3.8, 4) is 5.75 Å². The molecule has 0 aliphatic heterocycles. The van der Waals surface area contributed by atoms with Crippen LogP contribution in [-0.4, -0.2) is 18.8 Å². The van der Waals surface area contributed by atoms with Crippen LogP contribution in [0.25, 0.3) is 0 Å². The molecule has 0 fully saturated rings. The monoisotopic (exact) mass is 225 g/mol. The summed E-state index contributed by atoms with van der Waals surface area (Å²) in [4.78, 5) is 0. The number of hydrogen-bond acceptors (Lipinski definition) is 3. The summed E-state index contributed by atoms with van der Waals surface area (Å²) in [5.41, 5.74) is 6.73. The molecular formula is C10H15N3OS. The first-order valence-electron chi connectivity index (χ1n) is 4.70. The molecular weight excluding hydrogens is 210 g/mol. The van der Waals surface area contributed by atoms with E-state index in [4.69, 9.17) is 17.0 Å². The van der Waals surface area contributed by atoms with Crippen molar-refractivity contribution >= 4 is 23.0 Å². The van der Waals surface area contributed by atoms with E-state index >= 15 is 0 Å². The predicted molar refractivity (Wildman–Crippen MR) is 66.0 cm³/mol. The highest BCUT2D eigenvalue weighted by molar-refractivity contribution is 7.80. The summed E-state index contributed by atoms with van der Waals surface area (Å²) in [5, 5.41) is 3.54. The molecule has 4 nitrogen and oxygen atoms in total. The van der Waals surface area contributed by atoms with E-state index < -0.39 is 0 Å². The number of methoxy groups -OCH3 is 1. The van der Waals surface area contributed by atoms with E-state index in [9.17, 15) is 0 Å². The zero-order valence-electron chi connectivity index (χ0n) is 8.83. The van der Waals surface area contributed by atoms with E-state index in [1.165, 1.54) is 0 Å². The van der Waals surface area contributed by atoms with Crippen molar-refractivity contribution in [1.82, 2.24) is 10.7 Å². The quantitative estimate of drug-likeness (QED) is 0.535. The molecule has 1 aromatic carbocycles. The van der Waals surface area contributed by atoms with Crippen molar-refractivity contribution in [2.75, 3.05) is 19.1 Å². The van der Waals surface area contributed by atoms with Gasteiger partial charge in [-0.3, -0.25) is 10.9 Å². The van der Waals surface area contributed by atoms with Crippen LogP contribution in [0.2, 0.25) is 0 Å². The van der Waals surface area contributed by atoms with Crippen LogP contribution in [0.15, 0.2) is 24.3 Å². The summed E-state index contributed by atoms with van der Waals surface area (Å²) in [6.45, 7) is 2.78. The lowest BCUT2D eigenvalue weighted by Crippen LogP contribution is -2.38. The molecule has 0 bridgehead atoms. The molecule has 5 heteroatoms. The first kappa shape index (κ1) is 11.6. The van der Waals surface area contributed by atoms with E-state index in [1.807, 2.05) is 31.2 Å². The largest absolute Gasteiger partial charge is 0.497 e. The van der Waals surface area contributed by atoms with E-state index in [-0.39, 0.29) is 0 Å². The minimum absolute atomic E-state index is 0.570. The summed E-state index contributed by atoms with van der Waals surface area (Å²) >= 11 is 5.00. The minimum Gasteiger partial charge on any atom is -0.497 e. The Kier molecular flexibility index (Phi) is 4.70. The smallest absolute Gasteiger partial charge is 0.185 e. The van der Waals surface area contributed by atoms with Crippen LogP contribution in [0.4, 0.5) is 5.69 Å². The molecule has 0 aliphatic carbocycles. The van der Waals surface area contributed by atoms with Gasteiger partial charge in [0.2, 0.25) is 0 Å². The van der Waals surface area contributed by atoms with Crippen molar-refractivity contribution in [1.29, 1.82) is 0 Å². The zero-order valence-corrected chi connectivity index (χ0v) is 9.65. The Balaban J connectivity index is 2.46. The molecule has 0 saturated carbocycles. The highest BCUT2D eigenvalue weighted by Crippen LogP contribution is 2.15. The maximum absolute atomic E-state index is 5.09. The van der Waals surface area contributed by atoms with Crippen molar-refractivity contribution in [3.63, 3.8) is 0 Å². The van der Waals surface area contributed by atoms with Crippen molar-refractivity contribution < 1.29 is 4.74 Å². The van der Waals surface area contributed by atoms with Gasteiger partial charge < -0.3 is 10.1 Å². The van der Waals surface area contributed by atoms with Crippen LogP contribution in [-0.2, 0) is 0 Å². The van der Waals surface area contributed by atoms with Gasteiger partial charge in [-0.25, -0.2) is 0 Å². The van der Waals surface area contributed by atoms with Crippen LogP contribution < -0.4 is 20.9 Å². The van der Waals surface area contributed by atoms with Gasteiger partial charge in [0.1, 0.15) is 5.75 Å². The van der Waals surface area contributed by atoms with Gasteiger partial charge in [0.15, 0.2) is 5.11 Å². The number of thiocarbonyl (C=S) groups is 1. The number of hydrogen-bond donors (Lipinski definition) is 3. The second kappa shape index (κ2) is 6.08. The molecule has 1 rings (SSSR count). The Hall–Kier alpha value is -1.49. The van der Waals surface area contributed by atoms with Gasteiger partial charge in [-0.2, -0.15) is 0 Å². The molecule has 82 valence electrons. The van der Waals surface area contributed by atoms with Gasteiger partial charge in [-0.15, -0.1) is 0 Å². The topological polar surface area (TPSA) is 45.3 Å². The van der Waals surface area contributed by atoms with Crippen LogP contribution in [0.5, 0.6) is 5.75 Å². The average Bonchev–Trinajstić information content (AvgIpc) is 2.27. The highest BCUT2D eigenvalue weighted by Gasteiger charge is 1.95. The van der Waals surface area contributed by atoms with Crippen molar-refractivity contribution in [2.24, 2.45) is 0 Å². The summed E-state index contributed by atoms with van der Waals surface area (Å²) in [6, 6.07) is 7.58. The Bertz CT molecular complexity index is 330. The average molecular weight is 225 g/mol. The number of nitrogens with one attached hydrogen (secondary N) is 3. The van der Waals surface area contributed by atoms with Crippen molar-refractivity contribution in [3.05, 3.63) is 24.3 Å². The van der Waals surface area contributed by atoms with Gasteiger partial charge in [0.25, 0.3) is 0 Å². The number of rotatable bonds is 4. The third-order valence-electron chi connectivity index (χ3n) is 1.73. The molecule has 0 heterocycles. The van der Waals surface area contributed by atoms with Gasteiger partial charge in [0.05, 0.1) is 12.8 Å². The molecule has 0 atom stereocenters. The van der Waals surface area contributed by atoms with Gasteiger partial charge in [-0.1, -0.05) is 6.07 Å². The molecule has 0 saturated heterocycles. The lowest BCUT2D eigenvalue weighted by atomic mass is 10.3. The third kappa shape index (κ3) is 4.03. The van der Waals surface area contributed by atoms with Gasteiger partial charge in [-0.05, 0) is 31.3 Å². The highest BCUT2D eigenvalue weighted by atomic mass is 32.1. The molecule has 0 spiro atoms. The van der Waals surface area contributed by atoms with E-state index in [0.29, 0.717) is 5.11 Å². The maximum Gasteiger partial charge on any atom is 0.185 e. The van der Waals surface area contributed by atoms with Gasteiger partial charge >= 0.3 is 0 Å². The number of hydrazine groups is 1. The molecule has 3 N–H and O–H groups in total. The number of anilines is 1. The van der Waals surface area contributed by atoms with Gasteiger partial charge in [0, 0.05) is 12.6 Å². The standard InChI is InChI=1S/C10H15N3OS/c1-3-11-10(15)13-12-8-5-4-6-9(7-8)14-2/h4-7,12H,3H2,1-2H3,(H2,11,13,15). The van der Waals surface area contributed by atoms with Crippen LogP contribution in [0.3, 0.4) is 0 Å². The fraction of sp³-hybridized carbons (Fsp3) is 0.300. The normalized spacial score (nSPS) is 9.20. The Morgan fingerprint density at radius 2 is 2.27 bits per heavy atom. The number of benzene rings is 1. The second-order valence-electron chi connectivity index (χ2n) is 2.84. The number of ether oxygens (including phenoxy) is 1. The summed E-state index contributed by atoms with van der Waals surface area (Å²) in [7, 11) is 1.63. The first-order valence-corrected chi connectivity index (χ1v) is 5.11. The Labute approximate surface area is 95.0 Å². The zero-order chi connectivity index (χ0) is 11.1. The predicted octanol–water partition coefficient (Wildman–Crippen LogP) is 1.51. The Morgan fingerprint density at radius 1 is 1.47 bits per heavy atom. The van der Waals surface area contributed by atoms with Crippen molar-refractivity contribution in [2.45, 2.75) is 6.92 Å². The first-order chi connectivity index (χ1) is 7.26. The van der Waals surface area contributed by atoms with E-state index in [2.05, 4.69) is 16.2 Å². The third-order valence-corrected chi connectivity index (χ3v) is 1.97. The molecule has 0 amide bonds. The van der Waals surface area contributed by atoms with Crippen LogP contribution in [0.1, 0.15) is 6.92 Å². The van der Waals surface area contributed by atoms with Crippen LogP contribution in [0, 0.1) is 0 Å². The summed E-state index contributed by atoms with van der Waals surface area (Å²) in [6.07, 6.45) is 0. The van der Waals surface area contributed by atoms with E-state index in [0.717, 1.165) is 18.0 Å². The molecule has 0 radical (unpaired) electrons. The lowest BCUT2D eigenvalue weighted by Gasteiger charge is -2.11. The summed E-state index contributed by atoms with van der Waals surface area (Å²) < 4.78 is 5.09. The molecule has 0 unspecified atom stereocenters. The maximum atomic E-state index is 5.09. The lowest BCUT2D eigenvalue weighted by molar-refractivity contribution is 0.415. The minimum atomic E-state index is 0.570. The second-order valence-corrected chi connectivity index (χ2v) is 3.25. The molecule has 15 heavy (non-hydrogen) atoms. The molecule has 0 aliphatic rings. The fourth-order valence-corrected chi connectivity index (χ4v) is 1.23. The fourth-order valence-electron chi connectivity index (χ4n) is 1.03. The molecule has 0 aromatic heterocycles.